The summed E-state index contributed by atoms with van der Waals surface area (Å²) in [5, 5.41) is 10.0. The highest BCUT2D eigenvalue weighted by Crippen LogP contribution is 2.30. The Balaban J connectivity index is 1.83. The van der Waals surface area contributed by atoms with Gasteiger partial charge in [0.05, 0.1) is 11.6 Å². The average molecular weight is 335 g/mol. The van der Waals surface area contributed by atoms with E-state index in [4.69, 9.17) is 4.42 Å². The van der Waals surface area contributed by atoms with Gasteiger partial charge >= 0.3 is 0 Å². The third-order valence-corrected chi connectivity index (χ3v) is 4.34. The van der Waals surface area contributed by atoms with E-state index in [2.05, 4.69) is 0 Å². The number of aryl methyl sites for hydroxylation is 1. The topological polar surface area (TPSA) is 36.9 Å². The summed E-state index contributed by atoms with van der Waals surface area (Å²) in [5.74, 6) is 0.0931. The Morgan fingerprint density at radius 2 is 1.83 bits per heavy atom. The quantitative estimate of drug-likeness (QED) is 0.553. The Hall–Kier alpha value is -2.77. The van der Waals surface area contributed by atoms with Gasteiger partial charge in [-0.2, -0.15) is 5.26 Å². The third kappa shape index (κ3) is 3.76. The average Bonchev–Trinajstić information content (AvgIpc) is 3.03. The van der Waals surface area contributed by atoms with Gasteiger partial charge in [0, 0.05) is 10.5 Å². The van der Waals surface area contributed by atoms with Crippen molar-refractivity contribution in [2.45, 2.75) is 16.9 Å². The van der Waals surface area contributed by atoms with E-state index < -0.39 is 5.82 Å². The number of nitriles is 1. The maximum Gasteiger partial charge on any atom is 0.165 e. The van der Waals surface area contributed by atoms with E-state index in [1.807, 2.05) is 43.3 Å². The highest BCUT2D eigenvalue weighted by Gasteiger charge is 2.09. The van der Waals surface area contributed by atoms with Gasteiger partial charge in [0.25, 0.3) is 0 Å². The largest absolute Gasteiger partial charge is 0.450 e. The van der Waals surface area contributed by atoms with Crippen LogP contribution < -0.4 is 0 Å². The Kier molecular flexibility index (Phi) is 4.83. The fourth-order valence-electron chi connectivity index (χ4n) is 2.18. The molecule has 0 aliphatic rings. The molecule has 0 N–H and O–H groups in total. The molecule has 1 aromatic heterocycles. The van der Waals surface area contributed by atoms with Crippen LogP contribution in [0.3, 0.4) is 0 Å². The maximum absolute atomic E-state index is 13.8. The molecule has 0 amide bonds. The summed E-state index contributed by atoms with van der Waals surface area (Å²) < 4.78 is 19.6. The number of nitrogens with zero attached hydrogens (tertiary/aromatic N) is 1. The SMILES string of the molecule is Cc1ccc(Sc2ccc(C=C(C#N)c3ccccc3F)o2)cc1. The predicted octanol–water partition coefficient (Wildman–Crippen LogP) is 5.94. The monoisotopic (exact) mass is 335 g/mol. The van der Waals surface area contributed by atoms with Crippen molar-refractivity contribution < 1.29 is 8.81 Å². The van der Waals surface area contributed by atoms with E-state index in [0.29, 0.717) is 5.76 Å². The number of halogens is 1. The van der Waals surface area contributed by atoms with Gasteiger partial charge in [-0.1, -0.05) is 47.7 Å². The van der Waals surface area contributed by atoms with Crippen LogP contribution in [0.2, 0.25) is 0 Å². The summed E-state index contributed by atoms with van der Waals surface area (Å²) in [6.45, 7) is 2.04. The summed E-state index contributed by atoms with van der Waals surface area (Å²) in [6, 6.07) is 20.0. The van der Waals surface area contributed by atoms with Crippen molar-refractivity contribution in [2.75, 3.05) is 0 Å². The van der Waals surface area contributed by atoms with Crippen molar-refractivity contribution in [1.82, 2.24) is 0 Å². The van der Waals surface area contributed by atoms with Gasteiger partial charge in [0.1, 0.15) is 11.6 Å². The highest BCUT2D eigenvalue weighted by molar-refractivity contribution is 7.99. The predicted molar refractivity (Wildman–Crippen MR) is 93.9 cm³/mol. The molecule has 0 atom stereocenters. The zero-order chi connectivity index (χ0) is 16.9. The number of allylic oxidation sites excluding steroid dienone is 1. The van der Waals surface area contributed by atoms with Gasteiger partial charge in [-0.15, -0.1) is 0 Å². The summed E-state index contributed by atoms with van der Waals surface area (Å²) in [6.07, 6.45) is 1.55. The lowest BCUT2D eigenvalue weighted by Gasteiger charge is -2.00. The van der Waals surface area contributed by atoms with Gasteiger partial charge in [-0.05, 0) is 43.3 Å². The Morgan fingerprint density at radius 1 is 1.08 bits per heavy atom. The van der Waals surface area contributed by atoms with Crippen molar-refractivity contribution in [2.24, 2.45) is 0 Å². The van der Waals surface area contributed by atoms with Gasteiger partial charge in [-0.3, -0.25) is 0 Å². The first-order chi connectivity index (χ1) is 11.7. The van der Waals surface area contributed by atoms with E-state index in [1.165, 1.54) is 23.4 Å². The van der Waals surface area contributed by atoms with Crippen molar-refractivity contribution in [3.8, 4) is 6.07 Å². The number of rotatable bonds is 4. The first kappa shape index (κ1) is 16.1. The first-order valence-corrected chi connectivity index (χ1v) is 8.18. The fourth-order valence-corrected chi connectivity index (χ4v) is 2.96. The highest BCUT2D eigenvalue weighted by atomic mass is 32.2. The molecule has 0 saturated heterocycles. The minimum Gasteiger partial charge on any atom is -0.450 e. The van der Waals surface area contributed by atoms with Crippen LogP contribution in [0.5, 0.6) is 0 Å². The van der Waals surface area contributed by atoms with E-state index in [9.17, 15) is 9.65 Å². The Bertz CT molecular complexity index is 919. The molecule has 4 heteroatoms. The van der Waals surface area contributed by atoms with Crippen molar-refractivity contribution in [3.63, 3.8) is 0 Å². The molecule has 0 aliphatic heterocycles. The van der Waals surface area contributed by atoms with Gasteiger partial charge in [0.15, 0.2) is 5.09 Å². The van der Waals surface area contributed by atoms with Crippen LogP contribution in [0.1, 0.15) is 16.9 Å². The van der Waals surface area contributed by atoms with Crippen molar-refractivity contribution in [3.05, 3.63) is 83.4 Å². The normalized spacial score (nSPS) is 11.3. The minimum atomic E-state index is -0.425. The molecular weight excluding hydrogens is 321 g/mol. The molecule has 24 heavy (non-hydrogen) atoms. The van der Waals surface area contributed by atoms with Crippen LogP contribution in [0, 0.1) is 24.1 Å². The third-order valence-electron chi connectivity index (χ3n) is 3.41. The zero-order valence-corrected chi connectivity index (χ0v) is 13.8. The molecular formula is C20H14FNOS. The number of benzene rings is 2. The van der Waals surface area contributed by atoms with Crippen molar-refractivity contribution in [1.29, 1.82) is 5.26 Å². The number of hydrogen-bond acceptors (Lipinski definition) is 3. The second kappa shape index (κ2) is 7.20. The van der Waals surface area contributed by atoms with E-state index in [1.54, 1.807) is 30.3 Å². The molecule has 0 aliphatic carbocycles. The van der Waals surface area contributed by atoms with E-state index in [0.717, 1.165) is 9.99 Å². The van der Waals surface area contributed by atoms with Crippen LogP contribution in [-0.4, -0.2) is 0 Å². The van der Waals surface area contributed by atoms with Crippen LogP contribution >= 0.6 is 11.8 Å². The van der Waals surface area contributed by atoms with Crippen LogP contribution in [-0.2, 0) is 0 Å². The lowest BCUT2D eigenvalue weighted by molar-refractivity contribution is 0.466. The summed E-state index contributed by atoms with van der Waals surface area (Å²) >= 11 is 1.50. The second-order valence-corrected chi connectivity index (χ2v) is 6.30. The molecule has 2 aromatic carbocycles. The minimum absolute atomic E-state index is 0.231. The van der Waals surface area contributed by atoms with Crippen LogP contribution in [0.15, 0.2) is 75.1 Å². The molecule has 0 bridgehead atoms. The number of hydrogen-bond donors (Lipinski definition) is 0. The first-order valence-electron chi connectivity index (χ1n) is 7.37. The summed E-state index contributed by atoms with van der Waals surface area (Å²) in [7, 11) is 0. The van der Waals surface area contributed by atoms with E-state index in [-0.39, 0.29) is 11.1 Å². The molecule has 3 rings (SSSR count). The molecule has 1 heterocycles. The molecule has 0 fully saturated rings. The Labute approximate surface area is 144 Å². The van der Waals surface area contributed by atoms with E-state index >= 15 is 0 Å². The molecule has 0 unspecified atom stereocenters. The van der Waals surface area contributed by atoms with Crippen LogP contribution in [0.25, 0.3) is 11.6 Å². The summed E-state index contributed by atoms with van der Waals surface area (Å²) in [4.78, 5) is 1.07. The maximum atomic E-state index is 13.8. The fraction of sp³-hybridized carbons (Fsp3) is 0.0500. The smallest absolute Gasteiger partial charge is 0.165 e. The molecule has 118 valence electrons. The standard InChI is InChI=1S/C20H14FNOS/c1-14-6-9-17(10-7-14)24-20-11-8-16(23-20)12-15(13-22)18-4-2-3-5-19(18)21/h2-12H,1H3. The van der Waals surface area contributed by atoms with Gasteiger partial charge in [-0.25, -0.2) is 4.39 Å². The second-order valence-electron chi connectivity index (χ2n) is 5.22. The van der Waals surface area contributed by atoms with Gasteiger partial charge < -0.3 is 4.42 Å². The lowest BCUT2D eigenvalue weighted by atomic mass is 10.1. The van der Waals surface area contributed by atoms with Crippen LogP contribution in [0.4, 0.5) is 4.39 Å². The van der Waals surface area contributed by atoms with Gasteiger partial charge in [0.2, 0.25) is 0 Å². The lowest BCUT2D eigenvalue weighted by Crippen LogP contribution is -1.86. The molecule has 2 nitrogen and oxygen atoms in total. The number of furan rings is 1. The Morgan fingerprint density at radius 3 is 2.54 bits per heavy atom. The summed E-state index contributed by atoms with van der Waals surface area (Å²) in [5.41, 5.74) is 1.70. The molecule has 0 saturated carbocycles. The van der Waals surface area contributed by atoms with Crippen molar-refractivity contribution >= 4 is 23.4 Å². The molecule has 0 radical (unpaired) electrons. The molecule has 0 spiro atoms. The molecule has 3 aromatic rings. The zero-order valence-electron chi connectivity index (χ0n) is 13.0.